The first kappa shape index (κ1) is 14.7. The number of likely N-dealkylation sites (N-methyl/N-ethyl adjacent to an activating group) is 1. The maximum Gasteiger partial charge on any atom is 0.358 e. The zero-order chi connectivity index (χ0) is 14.4. The van der Waals surface area contributed by atoms with Gasteiger partial charge in [-0.25, -0.2) is 14.3 Å². The summed E-state index contributed by atoms with van der Waals surface area (Å²) in [6.45, 7) is 6.74. The summed E-state index contributed by atoms with van der Waals surface area (Å²) in [5, 5.41) is 18.5. The Labute approximate surface area is 110 Å². The molecule has 0 saturated carbocycles. The standard InChI is InChI=1S/C11H17N5O3/c1-8(2)6-15(3)11(19)12-4-5-16-7-9(10(17)18)13-14-16/h7H,1,4-6H2,2-3H3,(H,12,19)(H,17,18). The third kappa shape index (κ3) is 4.78. The number of amides is 2. The second-order valence-electron chi connectivity index (χ2n) is 4.22. The molecule has 1 heterocycles. The number of hydrogen-bond acceptors (Lipinski definition) is 4. The van der Waals surface area contributed by atoms with Gasteiger partial charge in [-0.3, -0.25) is 0 Å². The van der Waals surface area contributed by atoms with Gasteiger partial charge in [0.15, 0.2) is 5.69 Å². The van der Waals surface area contributed by atoms with E-state index in [0.29, 0.717) is 19.6 Å². The average Bonchev–Trinajstić information content (AvgIpc) is 2.76. The lowest BCUT2D eigenvalue weighted by atomic mass is 10.3. The molecule has 19 heavy (non-hydrogen) atoms. The Morgan fingerprint density at radius 2 is 2.26 bits per heavy atom. The van der Waals surface area contributed by atoms with Gasteiger partial charge in [0.25, 0.3) is 0 Å². The van der Waals surface area contributed by atoms with Gasteiger partial charge in [-0.15, -0.1) is 5.10 Å². The number of rotatable bonds is 6. The van der Waals surface area contributed by atoms with E-state index >= 15 is 0 Å². The normalized spacial score (nSPS) is 10.0. The molecule has 1 aromatic heterocycles. The molecule has 8 heteroatoms. The Morgan fingerprint density at radius 3 is 2.79 bits per heavy atom. The van der Waals surface area contributed by atoms with E-state index < -0.39 is 5.97 Å². The first-order chi connectivity index (χ1) is 8.90. The third-order valence-electron chi connectivity index (χ3n) is 2.23. The fourth-order valence-electron chi connectivity index (χ4n) is 1.39. The number of nitrogens with one attached hydrogen (secondary N) is 1. The molecule has 0 aliphatic carbocycles. The first-order valence-electron chi connectivity index (χ1n) is 5.67. The van der Waals surface area contributed by atoms with Crippen molar-refractivity contribution in [2.75, 3.05) is 20.1 Å². The van der Waals surface area contributed by atoms with Gasteiger partial charge in [0.2, 0.25) is 0 Å². The van der Waals surface area contributed by atoms with Gasteiger partial charge < -0.3 is 15.3 Å². The molecular weight excluding hydrogens is 250 g/mol. The van der Waals surface area contributed by atoms with Crippen LogP contribution in [0.2, 0.25) is 0 Å². The second kappa shape index (κ2) is 6.53. The van der Waals surface area contributed by atoms with Gasteiger partial charge in [0.05, 0.1) is 12.7 Å². The van der Waals surface area contributed by atoms with Gasteiger partial charge >= 0.3 is 12.0 Å². The fraction of sp³-hybridized carbons (Fsp3) is 0.455. The van der Waals surface area contributed by atoms with Crippen molar-refractivity contribution in [2.45, 2.75) is 13.5 Å². The Kier molecular flexibility index (Phi) is 5.04. The molecule has 104 valence electrons. The SMILES string of the molecule is C=C(C)CN(C)C(=O)NCCn1cc(C(=O)O)nn1. The van der Waals surface area contributed by atoms with Crippen LogP contribution in [-0.4, -0.2) is 57.1 Å². The lowest BCUT2D eigenvalue weighted by Gasteiger charge is -2.17. The van der Waals surface area contributed by atoms with Gasteiger partial charge in [0, 0.05) is 20.1 Å². The predicted molar refractivity (Wildman–Crippen MR) is 67.8 cm³/mol. The number of aromatic carboxylic acids is 1. The maximum atomic E-state index is 11.6. The van der Waals surface area contributed by atoms with Gasteiger partial charge in [0.1, 0.15) is 0 Å². The predicted octanol–water partition coefficient (Wildman–Crippen LogP) is 0.194. The zero-order valence-corrected chi connectivity index (χ0v) is 11.0. The van der Waals surface area contributed by atoms with E-state index in [1.807, 2.05) is 6.92 Å². The van der Waals surface area contributed by atoms with E-state index in [9.17, 15) is 9.59 Å². The zero-order valence-electron chi connectivity index (χ0n) is 11.0. The smallest absolute Gasteiger partial charge is 0.358 e. The molecule has 2 N–H and O–H groups in total. The number of carbonyl (C=O) groups excluding carboxylic acids is 1. The van der Waals surface area contributed by atoms with Crippen LogP contribution in [0.1, 0.15) is 17.4 Å². The summed E-state index contributed by atoms with van der Waals surface area (Å²) < 4.78 is 1.36. The molecule has 8 nitrogen and oxygen atoms in total. The minimum atomic E-state index is -1.13. The molecule has 0 unspecified atom stereocenters. The van der Waals surface area contributed by atoms with Crippen molar-refractivity contribution in [1.82, 2.24) is 25.2 Å². The van der Waals surface area contributed by atoms with Crippen molar-refractivity contribution < 1.29 is 14.7 Å². The summed E-state index contributed by atoms with van der Waals surface area (Å²) in [4.78, 5) is 23.7. The monoisotopic (exact) mass is 267 g/mol. The highest BCUT2D eigenvalue weighted by molar-refractivity contribution is 5.84. The summed E-state index contributed by atoms with van der Waals surface area (Å²) in [6, 6.07) is -0.221. The Bertz CT molecular complexity index is 482. The number of nitrogens with zero attached hydrogens (tertiary/aromatic N) is 4. The number of aromatic nitrogens is 3. The van der Waals surface area contributed by atoms with Gasteiger partial charge in [-0.1, -0.05) is 17.4 Å². The summed E-state index contributed by atoms with van der Waals surface area (Å²) >= 11 is 0. The Morgan fingerprint density at radius 1 is 1.58 bits per heavy atom. The van der Waals surface area contributed by atoms with Crippen molar-refractivity contribution in [1.29, 1.82) is 0 Å². The van der Waals surface area contributed by atoms with Crippen molar-refractivity contribution in [3.63, 3.8) is 0 Å². The summed E-state index contributed by atoms with van der Waals surface area (Å²) in [5.41, 5.74) is 0.769. The summed E-state index contributed by atoms with van der Waals surface area (Å²) in [6.07, 6.45) is 1.31. The molecule has 2 amide bonds. The molecule has 0 saturated heterocycles. The highest BCUT2D eigenvalue weighted by Crippen LogP contribution is 1.94. The molecule has 0 atom stereocenters. The van der Waals surface area contributed by atoms with Crippen LogP contribution >= 0.6 is 0 Å². The minimum Gasteiger partial charge on any atom is -0.476 e. The van der Waals surface area contributed by atoms with Crippen LogP contribution in [0.25, 0.3) is 0 Å². The molecular formula is C11H17N5O3. The van der Waals surface area contributed by atoms with Crippen LogP contribution in [0.5, 0.6) is 0 Å². The van der Waals surface area contributed by atoms with E-state index in [1.165, 1.54) is 15.8 Å². The molecule has 0 spiro atoms. The molecule has 0 aliphatic heterocycles. The summed E-state index contributed by atoms with van der Waals surface area (Å²) in [7, 11) is 1.67. The molecule has 0 aromatic carbocycles. The van der Waals surface area contributed by atoms with E-state index in [0.717, 1.165) is 5.57 Å². The van der Waals surface area contributed by atoms with Crippen LogP contribution in [0.4, 0.5) is 4.79 Å². The van der Waals surface area contributed by atoms with E-state index in [4.69, 9.17) is 5.11 Å². The van der Waals surface area contributed by atoms with Crippen LogP contribution < -0.4 is 5.32 Å². The molecule has 1 aromatic rings. The van der Waals surface area contributed by atoms with Gasteiger partial charge in [-0.05, 0) is 6.92 Å². The van der Waals surface area contributed by atoms with Crippen molar-refractivity contribution >= 4 is 12.0 Å². The molecule has 0 radical (unpaired) electrons. The third-order valence-corrected chi connectivity index (χ3v) is 2.23. The summed E-state index contributed by atoms with van der Waals surface area (Å²) in [5.74, 6) is -1.13. The molecule has 0 fully saturated rings. The quantitative estimate of drug-likeness (QED) is 0.717. The van der Waals surface area contributed by atoms with E-state index in [2.05, 4.69) is 22.2 Å². The largest absolute Gasteiger partial charge is 0.476 e. The van der Waals surface area contributed by atoms with Crippen molar-refractivity contribution in [3.8, 4) is 0 Å². The Balaban J connectivity index is 2.35. The Hall–Kier alpha value is -2.38. The average molecular weight is 267 g/mol. The van der Waals surface area contributed by atoms with Crippen molar-refractivity contribution in [2.24, 2.45) is 0 Å². The number of urea groups is 1. The first-order valence-corrected chi connectivity index (χ1v) is 5.67. The maximum absolute atomic E-state index is 11.6. The number of carboxylic acids is 1. The second-order valence-corrected chi connectivity index (χ2v) is 4.22. The van der Waals surface area contributed by atoms with Crippen LogP contribution in [0.3, 0.4) is 0 Å². The number of hydrogen-bond donors (Lipinski definition) is 2. The van der Waals surface area contributed by atoms with Crippen molar-refractivity contribution in [3.05, 3.63) is 24.0 Å². The molecule has 0 aliphatic rings. The number of carboxylic acid groups (broad SMARTS) is 1. The lowest BCUT2D eigenvalue weighted by Crippen LogP contribution is -2.39. The fourth-order valence-corrected chi connectivity index (χ4v) is 1.39. The minimum absolute atomic E-state index is 0.120. The number of carbonyl (C=O) groups is 2. The van der Waals surface area contributed by atoms with E-state index in [1.54, 1.807) is 7.05 Å². The van der Waals surface area contributed by atoms with Gasteiger partial charge in [-0.2, -0.15) is 0 Å². The highest BCUT2D eigenvalue weighted by atomic mass is 16.4. The topological polar surface area (TPSA) is 100 Å². The van der Waals surface area contributed by atoms with Crippen LogP contribution in [0, 0.1) is 0 Å². The highest BCUT2D eigenvalue weighted by Gasteiger charge is 2.09. The van der Waals surface area contributed by atoms with Crippen LogP contribution in [0.15, 0.2) is 18.3 Å². The molecule has 1 rings (SSSR count). The lowest BCUT2D eigenvalue weighted by molar-refractivity contribution is 0.0690. The molecule has 0 bridgehead atoms. The van der Waals surface area contributed by atoms with E-state index in [-0.39, 0.29) is 11.7 Å². The van der Waals surface area contributed by atoms with Crippen LogP contribution in [-0.2, 0) is 6.54 Å².